The van der Waals surface area contributed by atoms with E-state index in [4.69, 9.17) is 4.74 Å². The van der Waals surface area contributed by atoms with Crippen LogP contribution in [0.5, 0.6) is 0 Å². The summed E-state index contributed by atoms with van der Waals surface area (Å²) >= 11 is 0. The summed E-state index contributed by atoms with van der Waals surface area (Å²) in [6.07, 6.45) is 0.155. The van der Waals surface area contributed by atoms with Crippen molar-refractivity contribution in [3.8, 4) is 0 Å². The van der Waals surface area contributed by atoms with Crippen LogP contribution in [0.2, 0.25) is 0 Å². The molecule has 19 heavy (non-hydrogen) atoms. The maximum atomic E-state index is 11.3. The summed E-state index contributed by atoms with van der Waals surface area (Å²) in [4.78, 5) is 11.3. The SMILES string of the molecule is CCn1c(COC(C)C)cc2cccc(C(=O)O)c21. The van der Waals surface area contributed by atoms with Crippen LogP contribution in [-0.4, -0.2) is 21.7 Å². The lowest BCUT2D eigenvalue weighted by Crippen LogP contribution is -2.08. The highest BCUT2D eigenvalue weighted by Gasteiger charge is 2.15. The van der Waals surface area contributed by atoms with E-state index >= 15 is 0 Å². The monoisotopic (exact) mass is 261 g/mol. The minimum atomic E-state index is -0.894. The number of hydrogen-bond donors (Lipinski definition) is 1. The highest BCUT2D eigenvalue weighted by Crippen LogP contribution is 2.24. The Labute approximate surface area is 112 Å². The van der Waals surface area contributed by atoms with Gasteiger partial charge < -0.3 is 14.4 Å². The zero-order valence-electron chi connectivity index (χ0n) is 11.5. The van der Waals surface area contributed by atoms with Crippen molar-refractivity contribution in [1.82, 2.24) is 4.57 Å². The van der Waals surface area contributed by atoms with E-state index in [1.807, 2.05) is 37.5 Å². The van der Waals surface area contributed by atoms with E-state index in [9.17, 15) is 9.90 Å². The van der Waals surface area contributed by atoms with Crippen molar-refractivity contribution in [1.29, 1.82) is 0 Å². The molecule has 0 unspecified atom stereocenters. The van der Waals surface area contributed by atoms with Crippen molar-refractivity contribution in [3.05, 3.63) is 35.5 Å². The average molecular weight is 261 g/mol. The van der Waals surface area contributed by atoms with Gasteiger partial charge in [-0.25, -0.2) is 4.79 Å². The van der Waals surface area contributed by atoms with Gasteiger partial charge >= 0.3 is 5.97 Å². The van der Waals surface area contributed by atoms with Gasteiger partial charge in [0.1, 0.15) is 0 Å². The number of nitrogens with zero attached hydrogens (tertiary/aromatic N) is 1. The second kappa shape index (κ2) is 5.45. The first-order chi connectivity index (χ1) is 9.04. The molecule has 0 amide bonds. The average Bonchev–Trinajstić information content (AvgIpc) is 2.73. The van der Waals surface area contributed by atoms with Crippen LogP contribution in [0.1, 0.15) is 36.8 Å². The molecule has 1 aromatic heterocycles. The second-order valence-electron chi connectivity index (χ2n) is 4.79. The highest BCUT2D eigenvalue weighted by atomic mass is 16.5. The van der Waals surface area contributed by atoms with Crippen molar-refractivity contribution in [2.75, 3.05) is 0 Å². The quantitative estimate of drug-likeness (QED) is 0.898. The molecule has 1 aromatic carbocycles. The Kier molecular flexibility index (Phi) is 3.90. The predicted molar refractivity (Wildman–Crippen MR) is 74.5 cm³/mol. The molecule has 0 aliphatic carbocycles. The number of aromatic nitrogens is 1. The van der Waals surface area contributed by atoms with E-state index in [1.54, 1.807) is 12.1 Å². The van der Waals surface area contributed by atoms with E-state index in [2.05, 4.69) is 0 Å². The van der Waals surface area contributed by atoms with Crippen LogP contribution in [-0.2, 0) is 17.9 Å². The van der Waals surface area contributed by atoms with Crippen molar-refractivity contribution in [3.63, 3.8) is 0 Å². The first kappa shape index (κ1) is 13.6. The standard InChI is InChI=1S/C15H19NO3/c1-4-16-12(9-19-10(2)3)8-11-6-5-7-13(14(11)16)15(17)18/h5-8,10H,4,9H2,1-3H3,(H,17,18). The molecule has 0 fully saturated rings. The van der Waals surface area contributed by atoms with Gasteiger partial charge in [0.25, 0.3) is 0 Å². The van der Waals surface area contributed by atoms with Crippen LogP contribution < -0.4 is 0 Å². The maximum absolute atomic E-state index is 11.3. The Morgan fingerprint density at radius 1 is 1.42 bits per heavy atom. The second-order valence-corrected chi connectivity index (χ2v) is 4.79. The van der Waals surface area contributed by atoms with Gasteiger partial charge in [-0.15, -0.1) is 0 Å². The number of aromatic carboxylic acids is 1. The molecular weight excluding hydrogens is 242 g/mol. The number of ether oxygens (including phenoxy) is 1. The van der Waals surface area contributed by atoms with E-state index in [0.717, 1.165) is 23.1 Å². The summed E-state index contributed by atoms with van der Waals surface area (Å²) in [5, 5.41) is 10.2. The molecular formula is C15H19NO3. The van der Waals surface area contributed by atoms with Crippen LogP contribution in [0, 0.1) is 0 Å². The predicted octanol–water partition coefficient (Wildman–Crippen LogP) is 3.28. The molecule has 102 valence electrons. The number of fused-ring (bicyclic) bond motifs is 1. The summed E-state index contributed by atoms with van der Waals surface area (Å²) in [6.45, 7) is 7.21. The third-order valence-electron chi connectivity index (χ3n) is 3.12. The molecule has 4 nitrogen and oxygen atoms in total. The minimum Gasteiger partial charge on any atom is -0.478 e. The van der Waals surface area contributed by atoms with Gasteiger partial charge in [0.05, 0.1) is 23.8 Å². The van der Waals surface area contributed by atoms with Gasteiger partial charge in [-0.2, -0.15) is 0 Å². The number of carbonyl (C=O) groups is 1. The topological polar surface area (TPSA) is 51.5 Å². The first-order valence-electron chi connectivity index (χ1n) is 6.50. The largest absolute Gasteiger partial charge is 0.478 e. The van der Waals surface area contributed by atoms with Crippen LogP contribution in [0.3, 0.4) is 0 Å². The molecule has 0 aliphatic rings. The zero-order valence-corrected chi connectivity index (χ0v) is 11.5. The van der Waals surface area contributed by atoms with Crippen LogP contribution in [0.25, 0.3) is 10.9 Å². The van der Waals surface area contributed by atoms with Gasteiger partial charge in [-0.3, -0.25) is 0 Å². The Morgan fingerprint density at radius 3 is 2.74 bits per heavy atom. The molecule has 0 bridgehead atoms. The normalized spacial score (nSPS) is 11.4. The Bertz CT molecular complexity index is 599. The van der Waals surface area contributed by atoms with Crippen molar-refractivity contribution in [2.45, 2.75) is 40.0 Å². The molecule has 4 heteroatoms. The number of aryl methyl sites for hydroxylation is 1. The summed E-state index contributed by atoms with van der Waals surface area (Å²) in [5.74, 6) is -0.894. The molecule has 0 atom stereocenters. The van der Waals surface area contributed by atoms with Gasteiger partial charge in [0.2, 0.25) is 0 Å². The fourth-order valence-electron chi connectivity index (χ4n) is 2.29. The number of carboxylic acids is 1. The minimum absolute atomic E-state index is 0.155. The van der Waals surface area contributed by atoms with Gasteiger partial charge in [0, 0.05) is 17.6 Å². The molecule has 2 aromatic rings. The molecule has 2 rings (SSSR count). The maximum Gasteiger partial charge on any atom is 0.337 e. The molecule has 1 heterocycles. The molecule has 0 saturated carbocycles. The highest BCUT2D eigenvalue weighted by molar-refractivity contribution is 6.02. The van der Waals surface area contributed by atoms with E-state index in [0.29, 0.717) is 12.2 Å². The number of carboxylic acid groups (broad SMARTS) is 1. The Morgan fingerprint density at radius 2 is 2.16 bits per heavy atom. The molecule has 0 saturated heterocycles. The first-order valence-corrected chi connectivity index (χ1v) is 6.50. The Hall–Kier alpha value is -1.81. The fraction of sp³-hybridized carbons (Fsp3) is 0.400. The van der Waals surface area contributed by atoms with E-state index in [1.165, 1.54) is 0 Å². The smallest absolute Gasteiger partial charge is 0.337 e. The zero-order chi connectivity index (χ0) is 14.0. The fourth-order valence-corrected chi connectivity index (χ4v) is 2.29. The number of hydrogen-bond acceptors (Lipinski definition) is 2. The van der Waals surface area contributed by atoms with E-state index in [-0.39, 0.29) is 6.10 Å². The third-order valence-corrected chi connectivity index (χ3v) is 3.12. The van der Waals surface area contributed by atoms with Crippen molar-refractivity contribution < 1.29 is 14.6 Å². The van der Waals surface area contributed by atoms with Crippen molar-refractivity contribution >= 4 is 16.9 Å². The molecule has 0 spiro atoms. The van der Waals surface area contributed by atoms with E-state index < -0.39 is 5.97 Å². The van der Waals surface area contributed by atoms with Crippen LogP contribution >= 0.6 is 0 Å². The third kappa shape index (κ3) is 2.63. The van der Waals surface area contributed by atoms with Gasteiger partial charge in [-0.05, 0) is 32.9 Å². The molecule has 0 radical (unpaired) electrons. The summed E-state index contributed by atoms with van der Waals surface area (Å²) < 4.78 is 7.65. The number of para-hydroxylation sites is 1. The lowest BCUT2D eigenvalue weighted by atomic mass is 10.1. The van der Waals surface area contributed by atoms with Gasteiger partial charge in [0.15, 0.2) is 0 Å². The lowest BCUT2D eigenvalue weighted by molar-refractivity contribution is 0.0619. The summed E-state index contributed by atoms with van der Waals surface area (Å²) in [6, 6.07) is 7.36. The summed E-state index contributed by atoms with van der Waals surface area (Å²) in [5.41, 5.74) is 2.13. The molecule has 0 aliphatic heterocycles. The number of rotatable bonds is 5. The molecule has 1 N–H and O–H groups in total. The summed E-state index contributed by atoms with van der Waals surface area (Å²) in [7, 11) is 0. The number of benzene rings is 1. The van der Waals surface area contributed by atoms with Crippen molar-refractivity contribution in [2.24, 2.45) is 0 Å². The van der Waals surface area contributed by atoms with Crippen LogP contribution in [0.15, 0.2) is 24.3 Å². The van der Waals surface area contributed by atoms with Crippen LogP contribution in [0.4, 0.5) is 0 Å². The van der Waals surface area contributed by atoms with Gasteiger partial charge in [-0.1, -0.05) is 12.1 Å². The lowest BCUT2D eigenvalue weighted by Gasteiger charge is -2.11. The Balaban J connectivity index is 2.55.